The van der Waals surface area contributed by atoms with Gasteiger partial charge in [0.2, 0.25) is 0 Å². The summed E-state index contributed by atoms with van der Waals surface area (Å²) in [6.45, 7) is 5.81. The summed E-state index contributed by atoms with van der Waals surface area (Å²) in [7, 11) is 0. The van der Waals surface area contributed by atoms with E-state index in [1.54, 1.807) is 0 Å². The van der Waals surface area contributed by atoms with Gasteiger partial charge in [0.1, 0.15) is 6.04 Å². The fraction of sp³-hybridized carbons (Fsp3) is 0.462. The first-order valence-electron chi connectivity index (χ1n) is 6.00. The number of fused-ring (bicyclic) bond motifs is 1. The van der Waals surface area contributed by atoms with Crippen LogP contribution in [0.2, 0.25) is 0 Å². The van der Waals surface area contributed by atoms with Gasteiger partial charge < -0.3 is 15.0 Å². The molecule has 1 N–H and O–H groups in total. The first-order chi connectivity index (χ1) is 8.24. The molecule has 0 saturated heterocycles. The topological polar surface area (TPSA) is 41.6 Å². The largest absolute Gasteiger partial charge is 0.464 e. The minimum absolute atomic E-state index is 0.163. The molecule has 4 heteroatoms. The monoisotopic (exact) mass is 234 g/mol. The molecule has 1 aliphatic heterocycles. The van der Waals surface area contributed by atoms with Crippen molar-refractivity contribution in [3.8, 4) is 0 Å². The number of nitrogens with zero attached hydrogens (tertiary/aromatic N) is 1. The van der Waals surface area contributed by atoms with Gasteiger partial charge >= 0.3 is 5.97 Å². The summed E-state index contributed by atoms with van der Waals surface area (Å²) in [5.74, 6) is -0.163. The van der Waals surface area contributed by atoms with Crippen LogP contribution in [0.1, 0.15) is 13.8 Å². The fourth-order valence-corrected chi connectivity index (χ4v) is 2.10. The molecule has 1 aromatic rings. The van der Waals surface area contributed by atoms with E-state index in [-0.39, 0.29) is 12.0 Å². The summed E-state index contributed by atoms with van der Waals surface area (Å²) in [5.41, 5.74) is 2.15. The number of esters is 1. The third-order valence-electron chi connectivity index (χ3n) is 2.98. The number of carbonyl (C=O) groups excluding carboxylic acids is 1. The Bertz CT molecular complexity index is 406. The first kappa shape index (κ1) is 11.8. The summed E-state index contributed by atoms with van der Waals surface area (Å²) in [5, 5.41) is 3.32. The zero-order valence-corrected chi connectivity index (χ0v) is 10.3. The van der Waals surface area contributed by atoms with Gasteiger partial charge in [0.25, 0.3) is 0 Å². The molecule has 1 heterocycles. The van der Waals surface area contributed by atoms with Crippen LogP contribution in [0.4, 0.5) is 11.4 Å². The highest BCUT2D eigenvalue weighted by atomic mass is 16.5. The van der Waals surface area contributed by atoms with Crippen molar-refractivity contribution in [3.63, 3.8) is 0 Å². The van der Waals surface area contributed by atoms with Gasteiger partial charge in [-0.15, -0.1) is 0 Å². The molecule has 92 valence electrons. The van der Waals surface area contributed by atoms with Gasteiger partial charge in [-0.25, -0.2) is 4.79 Å². The smallest absolute Gasteiger partial charge is 0.328 e. The summed E-state index contributed by atoms with van der Waals surface area (Å²) in [6.07, 6.45) is 0. The van der Waals surface area contributed by atoms with Crippen molar-refractivity contribution in [2.75, 3.05) is 29.9 Å². The maximum atomic E-state index is 11.8. The maximum absolute atomic E-state index is 11.8. The lowest BCUT2D eigenvalue weighted by Gasteiger charge is -2.35. The van der Waals surface area contributed by atoms with Crippen molar-refractivity contribution in [2.24, 2.45) is 0 Å². The average molecular weight is 234 g/mol. The maximum Gasteiger partial charge on any atom is 0.328 e. The van der Waals surface area contributed by atoms with Gasteiger partial charge in [-0.2, -0.15) is 0 Å². The van der Waals surface area contributed by atoms with Crippen LogP contribution in [0, 0.1) is 0 Å². The lowest BCUT2D eigenvalue weighted by Crippen LogP contribution is -2.45. The molecular weight excluding hydrogens is 216 g/mol. The van der Waals surface area contributed by atoms with E-state index in [1.807, 2.05) is 38.1 Å². The molecule has 0 aromatic heterocycles. The number of para-hydroxylation sites is 2. The number of anilines is 2. The van der Waals surface area contributed by atoms with Crippen molar-refractivity contribution in [2.45, 2.75) is 19.9 Å². The van der Waals surface area contributed by atoms with Crippen LogP contribution < -0.4 is 10.2 Å². The quantitative estimate of drug-likeness (QED) is 0.811. The van der Waals surface area contributed by atoms with Crippen molar-refractivity contribution in [1.82, 2.24) is 0 Å². The molecule has 0 amide bonds. The van der Waals surface area contributed by atoms with Crippen LogP contribution in [0.5, 0.6) is 0 Å². The van der Waals surface area contributed by atoms with Crippen molar-refractivity contribution in [3.05, 3.63) is 24.3 Å². The Morgan fingerprint density at radius 1 is 1.53 bits per heavy atom. The fourth-order valence-electron chi connectivity index (χ4n) is 2.10. The summed E-state index contributed by atoms with van der Waals surface area (Å²) >= 11 is 0. The Kier molecular flexibility index (Phi) is 3.52. The van der Waals surface area contributed by atoms with Crippen LogP contribution in [0.15, 0.2) is 24.3 Å². The lowest BCUT2D eigenvalue weighted by atomic mass is 10.1. The third-order valence-corrected chi connectivity index (χ3v) is 2.98. The van der Waals surface area contributed by atoms with E-state index >= 15 is 0 Å². The number of ether oxygens (including phenoxy) is 1. The number of benzene rings is 1. The molecule has 17 heavy (non-hydrogen) atoms. The predicted octanol–water partition coefficient (Wildman–Crippen LogP) is 1.87. The van der Waals surface area contributed by atoms with Gasteiger partial charge in [-0.3, -0.25) is 0 Å². The number of nitrogens with one attached hydrogen (secondary N) is 1. The second-order valence-corrected chi connectivity index (χ2v) is 4.07. The number of carbonyl (C=O) groups is 1. The highest BCUT2D eigenvalue weighted by Crippen LogP contribution is 2.29. The van der Waals surface area contributed by atoms with Crippen LogP contribution in [0.3, 0.4) is 0 Å². The normalized spacial score (nSPS) is 15.8. The number of hydrogen-bond acceptors (Lipinski definition) is 4. The molecule has 1 aliphatic rings. The molecule has 0 aliphatic carbocycles. The second kappa shape index (κ2) is 5.08. The Morgan fingerprint density at radius 2 is 2.29 bits per heavy atom. The van der Waals surface area contributed by atoms with E-state index < -0.39 is 0 Å². The highest BCUT2D eigenvalue weighted by Gasteiger charge is 2.26. The van der Waals surface area contributed by atoms with E-state index in [0.29, 0.717) is 6.61 Å². The molecule has 0 fully saturated rings. The summed E-state index contributed by atoms with van der Waals surface area (Å²) < 4.78 is 5.07. The van der Waals surface area contributed by atoms with Gasteiger partial charge in [-0.05, 0) is 26.0 Å². The molecule has 0 bridgehead atoms. The molecular formula is C13H18N2O2. The summed E-state index contributed by atoms with van der Waals surface area (Å²) in [6, 6.07) is 7.79. The van der Waals surface area contributed by atoms with E-state index in [0.717, 1.165) is 24.5 Å². The summed E-state index contributed by atoms with van der Waals surface area (Å²) in [4.78, 5) is 13.9. The molecule has 0 radical (unpaired) electrons. The van der Waals surface area contributed by atoms with E-state index in [4.69, 9.17) is 4.74 Å². The van der Waals surface area contributed by atoms with Crippen molar-refractivity contribution >= 4 is 17.3 Å². The van der Waals surface area contributed by atoms with Gasteiger partial charge in [0, 0.05) is 13.1 Å². The van der Waals surface area contributed by atoms with Crippen molar-refractivity contribution < 1.29 is 9.53 Å². The Morgan fingerprint density at radius 3 is 3.06 bits per heavy atom. The molecule has 2 rings (SSSR count). The Labute approximate surface area is 102 Å². The molecule has 1 aromatic carbocycles. The van der Waals surface area contributed by atoms with E-state index in [1.165, 1.54) is 0 Å². The Hall–Kier alpha value is -1.71. The zero-order valence-electron chi connectivity index (χ0n) is 10.3. The predicted molar refractivity (Wildman–Crippen MR) is 68.4 cm³/mol. The van der Waals surface area contributed by atoms with Crippen molar-refractivity contribution in [1.29, 1.82) is 0 Å². The molecule has 4 nitrogen and oxygen atoms in total. The van der Waals surface area contributed by atoms with Gasteiger partial charge in [-0.1, -0.05) is 12.1 Å². The number of rotatable bonds is 3. The molecule has 1 unspecified atom stereocenters. The SMILES string of the molecule is CCOC(=O)C(C)N1CCNc2ccccc21. The first-order valence-corrected chi connectivity index (χ1v) is 6.00. The van der Waals surface area contributed by atoms with Crippen LogP contribution in [-0.4, -0.2) is 31.7 Å². The van der Waals surface area contributed by atoms with Crippen LogP contribution in [0.25, 0.3) is 0 Å². The minimum Gasteiger partial charge on any atom is -0.464 e. The molecule has 0 saturated carbocycles. The standard InChI is InChI=1S/C13H18N2O2/c1-3-17-13(16)10(2)15-9-8-14-11-6-4-5-7-12(11)15/h4-7,10,14H,3,8-9H2,1-2H3. The average Bonchev–Trinajstić information content (AvgIpc) is 2.37. The van der Waals surface area contributed by atoms with E-state index in [2.05, 4.69) is 10.2 Å². The number of hydrogen-bond donors (Lipinski definition) is 1. The minimum atomic E-state index is -0.238. The van der Waals surface area contributed by atoms with Gasteiger partial charge in [0.05, 0.1) is 18.0 Å². The third kappa shape index (κ3) is 2.35. The van der Waals surface area contributed by atoms with Crippen LogP contribution in [-0.2, 0) is 9.53 Å². The van der Waals surface area contributed by atoms with Gasteiger partial charge in [0.15, 0.2) is 0 Å². The lowest BCUT2D eigenvalue weighted by molar-refractivity contribution is -0.144. The highest BCUT2D eigenvalue weighted by molar-refractivity contribution is 5.83. The zero-order chi connectivity index (χ0) is 12.3. The Balaban J connectivity index is 2.20. The molecule has 1 atom stereocenters. The second-order valence-electron chi connectivity index (χ2n) is 4.07. The van der Waals surface area contributed by atoms with E-state index in [9.17, 15) is 4.79 Å². The molecule has 0 spiro atoms. The van der Waals surface area contributed by atoms with Crippen LogP contribution >= 0.6 is 0 Å².